The highest BCUT2D eigenvalue weighted by Crippen LogP contribution is 1.98. The first-order chi connectivity index (χ1) is 5.83. The van der Waals surface area contributed by atoms with Crippen molar-refractivity contribution in [2.24, 2.45) is 0 Å². The van der Waals surface area contributed by atoms with Gasteiger partial charge in [0.1, 0.15) is 0 Å². The zero-order valence-corrected chi connectivity index (χ0v) is 7.17. The van der Waals surface area contributed by atoms with Gasteiger partial charge in [0.2, 0.25) is 5.91 Å². The minimum atomic E-state index is 0.0960. The monoisotopic (exact) mass is 167 g/mol. The van der Waals surface area contributed by atoms with Gasteiger partial charge in [-0.2, -0.15) is 0 Å². The van der Waals surface area contributed by atoms with Gasteiger partial charge in [0, 0.05) is 18.5 Å². The van der Waals surface area contributed by atoms with Crippen molar-refractivity contribution in [3.63, 3.8) is 0 Å². The third kappa shape index (κ3) is 2.78. The lowest BCUT2D eigenvalue weighted by Gasteiger charge is -2.00. The second-order valence-electron chi connectivity index (χ2n) is 2.66. The van der Waals surface area contributed by atoms with Crippen molar-refractivity contribution in [2.45, 2.75) is 26.3 Å². The van der Waals surface area contributed by atoms with Crippen LogP contribution in [0.4, 0.5) is 0 Å². The molecule has 0 fully saturated rings. The Morgan fingerprint density at radius 2 is 2.50 bits per heavy atom. The lowest BCUT2D eigenvalue weighted by molar-refractivity contribution is -0.121. The number of carbonyl (C=O) groups is 1. The molecule has 1 aromatic rings. The normalized spacial score (nSPS) is 9.75. The van der Waals surface area contributed by atoms with E-state index in [1.165, 1.54) is 0 Å². The molecule has 3 heteroatoms. The van der Waals surface area contributed by atoms with Gasteiger partial charge in [-0.3, -0.25) is 4.79 Å². The molecule has 0 aliphatic rings. The molecule has 0 aromatic carbocycles. The highest BCUT2D eigenvalue weighted by Gasteiger charge is 1.99. The van der Waals surface area contributed by atoms with Gasteiger partial charge in [-0.25, -0.2) is 0 Å². The highest BCUT2D eigenvalue weighted by molar-refractivity contribution is 5.75. The number of nitrogens with one attached hydrogen (secondary N) is 1. The molecular weight excluding hydrogens is 154 g/mol. The minimum Gasteiger partial charge on any atom is -0.472 e. The van der Waals surface area contributed by atoms with Crippen molar-refractivity contribution < 1.29 is 9.21 Å². The Kier molecular flexibility index (Phi) is 3.38. The SMILES string of the molecule is CCCC(=O)NCc1ccoc1. The van der Waals surface area contributed by atoms with Crippen LogP contribution in [-0.2, 0) is 11.3 Å². The van der Waals surface area contributed by atoms with Gasteiger partial charge in [-0.15, -0.1) is 0 Å². The maximum absolute atomic E-state index is 11.0. The molecule has 1 rings (SSSR count). The predicted octanol–water partition coefficient (Wildman–Crippen LogP) is 1.70. The molecule has 66 valence electrons. The van der Waals surface area contributed by atoms with Gasteiger partial charge < -0.3 is 9.73 Å². The van der Waals surface area contributed by atoms with Crippen molar-refractivity contribution in [1.29, 1.82) is 0 Å². The summed E-state index contributed by atoms with van der Waals surface area (Å²) in [7, 11) is 0. The van der Waals surface area contributed by atoms with Crippen molar-refractivity contribution in [3.05, 3.63) is 24.2 Å². The Labute approximate surface area is 71.8 Å². The summed E-state index contributed by atoms with van der Waals surface area (Å²) in [6, 6.07) is 1.84. The van der Waals surface area contributed by atoms with Gasteiger partial charge in [0.15, 0.2) is 0 Å². The van der Waals surface area contributed by atoms with E-state index in [1.807, 2.05) is 13.0 Å². The van der Waals surface area contributed by atoms with Crippen molar-refractivity contribution in [1.82, 2.24) is 5.32 Å². The first-order valence-electron chi connectivity index (χ1n) is 4.10. The summed E-state index contributed by atoms with van der Waals surface area (Å²) < 4.78 is 4.86. The number of hydrogen-bond acceptors (Lipinski definition) is 2. The van der Waals surface area contributed by atoms with Gasteiger partial charge in [0.25, 0.3) is 0 Å². The first-order valence-corrected chi connectivity index (χ1v) is 4.10. The quantitative estimate of drug-likeness (QED) is 0.741. The molecule has 0 radical (unpaired) electrons. The zero-order valence-electron chi connectivity index (χ0n) is 7.17. The van der Waals surface area contributed by atoms with Crippen LogP contribution in [-0.4, -0.2) is 5.91 Å². The van der Waals surface area contributed by atoms with Crippen LogP contribution >= 0.6 is 0 Å². The molecule has 1 amide bonds. The molecule has 3 nitrogen and oxygen atoms in total. The summed E-state index contributed by atoms with van der Waals surface area (Å²) in [6.45, 7) is 2.55. The number of carbonyl (C=O) groups excluding carboxylic acids is 1. The molecule has 1 N–H and O–H groups in total. The standard InChI is InChI=1S/C9H13NO2/c1-2-3-9(11)10-6-8-4-5-12-7-8/h4-5,7H,2-3,6H2,1H3,(H,10,11). The van der Waals surface area contributed by atoms with Crippen LogP contribution in [0.3, 0.4) is 0 Å². The summed E-state index contributed by atoms with van der Waals surface area (Å²) in [5.74, 6) is 0.0960. The molecule has 1 aromatic heterocycles. The molecule has 0 aliphatic carbocycles. The molecule has 12 heavy (non-hydrogen) atoms. The smallest absolute Gasteiger partial charge is 0.220 e. The van der Waals surface area contributed by atoms with E-state index in [9.17, 15) is 4.79 Å². The fourth-order valence-electron chi connectivity index (χ4n) is 0.909. The van der Waals surface area contributed by atoms with Crippen LogP contribution in [0.5, 0.6) is 0 Å². The third-order valence-corrected chi connectivity index (χ3v) is 1.55. The third-order valence-electron chi connectivity index (χ3n) is 1.55. The van der Waals surface area contributed by atoms with Crippen LogP contribution in [0.1, 0.15) is 25.3 Å². The number of furan rings is 1. The Bertz CT molecular complexity index is 229. The van der Waals surface area contributed by atoms with Gasteiger partial charge >= 0.3 is 0 Å². The van der Waals surface area contributed by atoms with E-state index in [-0.39, 0.29) is 5.91 Å². The summed E-state index contributed by atoms with van der Waals surface area (Å²) in [5, 5.41) is 2.79. The molecule has 0 saturated carbocycles. The van der Waals surface area contributed by atoms with E-state index in [0.29, 0.717) is 13.0 Å². The van der Waals surface area contributed by atoms with E-state index in [1.54, 1.807) is 12.5 Å². The Morgan fingerprint density at radius 1 is 1.67 bits per heavy atom. The summed E-state index contributed by atoms with van der Waals surface area (Å²) >= 11 is 0. The zero-order chi connectivity index (χ0) is 8.81. The summed E-state index contributed by atoms with van der Waals surface area (Å²) in [4.78, 5) is 11.0. The number of hydrogen-bond donors (Lipinski definition) is 1. The van der Waals surface area contributed by atoms with E-state index in [4.69, 9.17) is 4.42 Å². The minimum absolute atomic E-state index is 0.0960. The fraction of sp³-hybridized carbons (Fsp3) is 0.444. The number of rotatable bonds is 4. The van der Waals surface area contributed by atoms with Crippen LogP contribution in [0.25, 0.3) is 0 Å². The van der Waals surface area contributed by atoms with E-state index in [2.05, 4.69) is 5.32 Å². The molecule has 0 spiro atoms. The van der Waals surface area contributed by atoms with Crippen molar-refractivity contribution in [2.75, 3.05) is 0 Å². The Balaban J connectivity index is 2.22. The second kappa shape index (κ2) is 4.59. The Hall–Kier alpha value is -1.25. The van der Waals surface area contributed by atoms with Crippen LogP contribution in [0, 0.1) is 0 Å². The summed E-state index contributed by atoms with van der Waals surface area (Å²) in [6.07, 6.45) is 4.71. The average Bonchev–Trinajstić information content (AvgIpc) is 2.53. The molecule has 0 aliphatic heterocycles. The van der Waals surface area contributed by atoms with Crippen LogP contribution in [0.2, 0.25) is 0 Å². The van der Waals surface area contributed by atoms with E-state index in [0.717, 1.165) is 12.0 Å². The molecule has 1 heterocycles. The Morgan fingerprint density at radius 3 is 3.08 bits per heavy atom. The van der Waals surface area contributed by atoms with Gasteiger partial charge in [0.05, 0.1) is 12.5 Å². The topological polar surface area (TPSA) is 42.2 Å². The van der Waals surface area contributed by atoms with Crippen LogP contribution in [0.15, 0.2) is 23.0 Å². The second-order valence-corrected chi connectivity index (χ2v) is 2.66. The average molecular weight is 167 g/mol. The molecule has 0 atom stereocenters. The van der Waals surface area contributed by atoms with Crippen molar-refractivity contribution >= 4 is 5.91 Å². The predicted molar refractivity (Wildman–Crippen MR) is 45.5 cm³/mol. The molecule has 0 bridgehead atoms. The van der Waals surface area contributed by atoms with Gasteiger partial charge in [-0.05, 0) is 12.5 Å². The maximum Gasteiger partial charge on any atom is 0.220 e. The lowest BCUT2D eigenvalue weighted by Crippen LogP contribution is -2.21. The fourth-order valence-corrected chi connectivity index (χ4v) is 0.909. The maximum atomic E-state index is 11.0. The number of amides is 1. The van der Waals surface area contributed by atoms with E-state index < -0.39 is 0 Å². The van der Waals surface area contributed by atoms with E-state index >= 15 is 0 Å². The molecule has 0 unspecified atom stereocenters. The first kappa shape index (κ1) is 8.84. The lowest BCUT2D eigenvalue weighted by atomic mass is 10.3. The van der Waals surface area contributed by atoms with Gasteiger partial charge in [-0.1, -0.05) is 6.92 Å². The van der Waals surface area contributed by atoms with Crippen LogP contribution < -0.4 is 5.32 Å². The highest BCUT2D eigenvalue weighted by atomic mass is 16.3. The molecule has 0 saturated heterocycles. The molecular formula is C9H13NO2. The van der Waals surface area contributed by atoms with Crippen molar-refractivity contribution in [3.8, 4) is 0 Å². The summed E-state index contributed by atoms with van der Waals surface area (Å²) in [5.41, 5.74) is 0.999. The largest absolute Gasteiger partial charge is 0.472 e.